The van der Waals surface area contributed by atoms with Crippen LogP contribution in [0.4, 0.5) is 0 Å². The number of β-amino-alcohol motifs (C(OH)–C–C–N with tert-alkyl or cyclic N) is 1. The van der Waals surface area contributed by atoms with E-state index in [-0.39, 0.29) is 11.9 Å². The van der Waals surface area contributed by atoms with Crippen molar-refractivity contribution in [3.05, 3.63) is 60.2 Å². The van der Waals surface area contributed by atoms with Gasteiger partial charge >= 0.3 is 0 Å². The van der Waals surface area contributed by atoms with Crippen LogP contribution in [0.5, 0.6) is 11.5 Å². The first kappa shape index (κ1) is 16.5. The van der Waals surface area contributed by atoms with Crippen molar-refractivity contribution in [3.8, 4) is 11.5 Å². The number of carbonyl (C=O) groups excluding carboxylic acids is 1. The molecule has 2 N–H and O–H groups in total. The van der Waals surface area contributed by atoms with Gasteiger partial charge in [-0.15, -0.1) is 0 Å². The van der Waals surface area contributed by atoms with Crippen LogP contribution in [0.1, 0.15) is 12.0 Å². The second-order valence-electron chi connectivity index (χ2n) is 6.10. The standard InChI is InChI=1S/C19H22N2O3/c1-21(19(23)18-11-15(22)12-20-18)13-14-7-9-17(10-8-14)24-16-5-3-2-4-6-16/h2-10,15,18,20,22H,11-13H2,1H3/t15-,18+/m1/s1. The molecule has 0 spiro atoms. The Morgan fingerprint density at radius 3 is 2.46 bits per heavy atom. The van der Waals surface area contributed by atoms with E-state index in [0.717, 1.165) is 17.1 Å². The van der Waals surface area contributed by atoms with Gasteiger partial charge < -0.3 is 20.1 Å². The van der Waals surface area contributed by atoms with Gasteiger partial charge in [-0.2, -0.15) is 0 Å². The number of aliphatic hydroxyl groups is 1. The van der Waals surface area contributed by atoms with Crippen LogP contribution in [0.3, 0.4) is 0 Å². The summed E-state index contributed by atoms with van der Waals surface area (Å²) in [7, 11) is 1.78. The van der Waals surface area contributed by atoms with E-state index in [1.165, 1.54) is 0 Å². The van der Waals surface area contributed by atoms with E-state index in [1.54, 1.807) is 11.9 Å². The minimum Gasteiger partial charge on any atom is -0.457 e. The lowest BCUT2D eigenvalue weighted by molar-refractivity contribution is -0.132. The lowest BCUT2D eigenvalue weighted by Crippen LogP contribution is -2.41. The zero-order valence-corrected chi connectivity index (χ0v) is 13.7. The van der Waals surface area contributed by atoms with Gasteiger partial charge in [0.15, 0.2) is 0 Å². The van der Waals surface area contributed by atoms with Crippen molar-refractivity contribution in [3.63, 3.8) is 0 Å². The van der Waals surface area contributed by atoms with Crippen molar-refractivity contribution in [2.24, 2.45) is 0 Å². The number of likely N-dealkylation sites (N-methyl/N-ethyl adjacent to an activating group) is 1. The SMILES string of the molecule is CN(Cc1ccc(Oc2ccccc2)cc1)C(=O)[C@@H]1C[C@@H](O)CN1. The van der Waals surface area contributed by atoms with E-state index in [9.17, 15) is 9.90 Å². The Kier molecular flexibility index (Phi) is 5.13. The molecule has 2 atom stereocenters. The molecular weight excluding hydrogens is 304 g/mol. The summed E-state index contributed by atoms with van der Waals surface area (Å²) in [4.78, 5) is 14.0. The molecular formula is C19H22N2O3. The topological polar surface area (TPSA) is 61.8 Å². The highest BCUT2D eigenvalue weighted by Crippen LogP contribution is 2.21. The largest absolute Gasteiger partial charge is 0.457 e. The summed E-state index contributed by atoms with van der Waals surface area (Å²) in [5.74, 6) is 1.57. The smallest absolute Gasteiger partial charge is 0.239 e. The van der Waals surface area contributed by atoms with Crippen molar-refractivity contribution < 1.29 is 14.6 Å². The van der Waals surface area contributed by atoms with E-state index in [1.807, 2.05) is 54.6 Å². The van der Waals surface area contributed by atoms with Gasteiger partial charge in [0.25, 0.3) is 0 Å². The number of aliphatic hydroxyl groups excluding tert-OH is 1. The first-order valence-electron chi connectivity index (χ1n) is 8.10. The van der Waals surface area contributed by atoms with Gasteiger partial charge in [0.1, 0.15) is 11.5 Å². The summed E-state index contributed by atoms with van der Waals surface area (Å²) in [5.41, 5.74) is 1.03. The Bertz CT molecular complexity index is 673. The van der Waals surface area contributed by atoms with E-state index in [4.69, 9.17) is 4.74 Å². The molecule has 1 aliphatic heterocycles. The monoisotopic (exact) mass is 326 g/mol. The number of rotatable bonds is 5. The molecule has 0 aliphatic carbocycles. The second-order valence-corrected chi connectivity index (χ2v) is 6.10. The third-order valence-electron chi connectivity index (χ3n) is 4.10. The van der Waals surface area contributed by atoms with Gasteiger partial charge in [-0.1, -0.05) is 30.3 Å². The Morgan fingerprint density at radius 1 is 1.17 bits per heavy atom. The zero-order chi connectivity index (χ0) is 16.9. The summed E-state index contributed by atoms with van der Waals surface area (Å²) < 4.78 is 5.76. The molecule has 2 aromatic carbocycles. The van der Waals surface area contributed by atoms with Gasteiger partial charge in [0.2, 0.25) is 5.91 Å². The number of nitrogens with one attached hydrogen (secondary N) is 1. The molecule has 0 unspecified atom stereocenters. The van der Waals surface area contributed by atoms with E-state index in [0.29, 0.717) is 19.5 Å². The lowest BCUT2D eigenvalue weighted by Gasteiger charge is -2.21. The van der Waals surface area contributed by atoms with Crippen LogP contribution in [0.2, 0.25) is 0 Å². The van der Waals surface area contributed by atoms with Gasteiger partial charge in [-0.3, -0.25) is 4.79 Å². The molecule has 0 aromatic heterocycles. The second kappa shape index (κ2) is 7.47. The minimum atomic E-state index is -0.429. The van der Waals surface area contributed by atoms with E-state index >= 15 is 0 Å². The molecule has 2 aromatic rings. The summed E-state index contributed by atoms with van der Waals surface area (Å²) in [6.45, 7) is 1.01. The fourth-order valence-electron chi connectivity index (χ4n) is 2.81. The van der Waals surface area contributed by atoms with Crippen LogP contribution in [0.15, 0.2) is 54.6 Å². The number of hydrogen-bond donors (Lipinski definition) is 2. The number of amides is 1. The predicted octanol–water partition coefficient (Wildman–Crippen LogP) is 2.16. The predicted molar refractivity (Wildman–Crippen MR) is 91.8 cm³/mol. The van der Waals surface area contributed by atoms with Crippen molar-refractivity contribution in [2.75, 3.05) is 13.6 Å². The first-order valence-corrected chi connectivity index (χ1v) is 8.10. The molecule has 0 bridgehead atoms. The fraction of sp³-hybridized carbons (Fsp3) is 0.316. The Hall–Kier alpha value is -2.37. The third-order valence-corrected chi connectivity index (χ3v) is 4.10. The van der Waals surface area contributed by atoms with Crippen LogP contribution in [-0.2, 0) is 11.3 Å². The summed E-state index contributed by atoms with van der Waals surface area (Å²) in [5, 5.41) is 12.6. The average Bonchev–Trinajstić information content (AvgIpc) is 3.03. The highest BCUT2D eigenvalue weighted by molar-refractivity contribution is 5.82. The van der Waals surface area contributed by atoms with E-state index < -0.39 is 6.10 Å². The maximum Gasteiger partial charge on any atom is 0.239 e. The molecule has 1 aliphatic rings. The lowest BCUT2D eigenvalue weighted by atomic mass is 10.1. The van der Waals surface area contributed by atoms with Gasteiger partial charge in [-0.25, -0.2) is 0 Å². The maximum atomic E-state index is 12.3. The third kappa shape index (κ3) is 4.13. The van der Waals surface area contributed by atoms with Crippen LogP contribution < -0.4 is 10.1 Å². The van der Waals surface area contributed by atoms with Gasteiger partial charge in [0, 0.05) is 20.1 Å². The van der Waals surface area contributed by atoms with Crippen LogP contribution in [0.25, 0.3) is 0 Å². The van der Waals surface area contributed by atoms with Crippen molar-refractivity contribution >= 4 is 5.91 Å². The molecule has 5 nitrogen and oxygen atoms in total. The molecule has 3 rings (SSSR count). The number of nitrogens with zero attached hydrogens (tertiary/aromatic N) is 1. The number of para-hydroxylation sites is 1. The molecule has 1 heterocycles. The highest BCUT2D eigenvalue weighted by atomic mass is 16.5. The quantitative estimate of drug-likeness (QED) is 0.884. The Labute approximate surface area is 141 Å². The van der Waals surface area contributed by atoms with Gasteiger partial charge in [0.05, 0.1) is 12.1 Å². The minimum absolute atomic E-state index is 0.0103. The summed E-state index contributed by atoms with van der Waals surface area (Å²) in [6, 6.07) is 17.0. The van der Waals surface area contributed by atoms with Gasteiger partial charge in [-0.05, 0) is 36.2 Å². The number of ether oxygens (including phenoxy) is 1. The van der Waals surface area contributed by atoms with Crippen LogP contribution in [0, 0.1) is 0 Å². The number of benzene rings is 2. The van der Waals surface area contributed by atoms with E-state index in [2.05, 4.69) is 5.32 Å². The molecule has 5 heteroatoms. The molecule has 126 valence electrons. The first-order chi connectivity index (χ1) is 11.6. The molecule has 1 fully saturated rings. The molecule has 0 saturated carbocycles. The molecule has 1 amide bonds. The Morgan fingerprint density at radius 2 is 1.83 bits per heavy atom. The maximum absolute atomic E-state index is 12.3. The van der Waals surface area contributed by atoms with Crippen LogP contribution >= 0.6 is 0 Å². The highest BCUT2D eigenvalue weighted by Gasteiger charge is 2.29. The van der Waals surface area contributed by atoms with Crippen LogP contribution in [-0.4, -0.2) is 41.7 Å². The number of carbonyl (C=O) groups is 1. The van der Waals surface area contributed by atoms with Crippen molar-refractivity contribution in [1.82, 2.24) is 10.2 Å². The summed E-state index contributed by atoms with van der Waals surface area (Å²) in [6.07, 6.45) is 0.0503. The average molecular weight is 326 g/mol. The summed E-state index contributed by atoms with van der Waals surface area (Å²) >= 11 is 0. The zero-order valence-electron chi connectivity index (χ0n) is 13.7. The molecule has 1 saturated heterocycles. The normalized spacial score (nSPS) is 19.9. The fourth-order valence-corrected chi connectivity index (χ4v) is 2.81. The van der Waals surface area contributed by atoms with Crippen molar-refractivity contribution in [1.29, 1.82) is 0 Å². The molecule has 24 heavy (non-hydrogen) atoms. The van der Waals surface area contributed by atoms with Crippen molar-refractivity contribution in [2.45, 2.75) is 25.1 Å². The molecule has 0 radical (unpaired) electrons. The Balaban J connectivity index is 1.56. The number of hydrogen-bond acceptors (Lipinski definition) is 4.